The summed E-state index contributed by atoms with van der Waals surface area (Å²) in [6, 6.07) is 0.485. The Labute approximate surface area is 113 Å². The van der Waals surface area contributed by atoms with Gasteiger partial charge in [0, 0.05) is 25.2 Å². The molecule has 1 aliphatic rings. The van der Waals surface area contributed by atoms with Gasteiger partial charge in [-0.1, -0.05) is 6.92 Å². The molecule has 2 unspecified atom stereocenters. The number of ether oxygens (including phenoxy) is 2. The molecule has 3 nitrogen and oxygen atoms in total. The van der Waals surface area contributed by atoms with Crippen LogP contribution in [0, 0.1) is 5.92 Å². The van der Waals surface area contributed by atoms with Crippen molar-refractivity contribution >= 4 is 0 Å². The summed E-state index contributed by atoms with van der Waals surface area (Å²) >= 11 is 0. The molecule has 1 heterocycles. The predicted molar refractivity (Wildman–Crippen MR) is 75.9 cm³/mol. The summed E-state index contributed by atoms with van der Waals surface area (Å²) in [4.78, 5) is 0. The van der Waals surface area contributed by atoms with Crippen molar-refractivity contribution in [2.45, 2.75) is 71.6 Å². The van der Waals surface area contributed by atoms with E-state index in [0.29, 0.717) is 12.0 Å². The van der Waals surface area contributed by atoms with Gasteiger partial charge in [-0.05, 0) is 54.0 Å². The molecule has 1 N–H and O–H groups in total. The van der Waals surface area contributed by atoms with Crippen molar-refractivity contribution in [3.8, 4) is 0 Å². The van der Waals surface area contributed by atoms with E-state index in [1.165, 1.54) is 0 Å². The third-order valence-corrected chi connectivity index (χ3v) is 3.87. The van der Waals surface area contributed by atoms with Crippen molar-refractivity contribution in [1.29, 1.82) is 0 Å². The maximum Gasteiger partial charge on any atom is 0.0677 e. The van der Waals surface area contributed by atoms with Gasteiger partial charge in [-0.3, -0.25) is 0 Å². The van der Waals surface area contributed by atoms with Crippen LogP contribution in [-0.2, 0) is 9.47 Å². The highest BCUT2D eigenvalue weighted by Gasteiger charge is 2.48. The van der Waals surface area contributed by atoms with Crippen molar-refractivity contribution in [2.75, 3.05) is 19.8 Å². The second-order valence-corrected chi connectivity index (χ2v) is 6.43. The smallest absolute Gasteiger partial charge is 0.0677 e. The van der Waals surface area contributed by atoms with Gasteiger partial charge >= 0.3 is 0 Å². The zero-order chi connectivity index (χ0) is 13.8. The normalized spacial score (nSPS) is 27.3. The molecule has 1 rings (SSSR count). The monoisotopic (exact) mass is 257 g/mol. The maximum atomic E-state index is 6.20. The molecule has 2 atom stereocenters. The molecule has 0 bridgehead atoms. The summed E-state index contributed by atoms with van der Waals surface area (Å²) in [7, 11) is 0. The molecule has 3 heteroatoms. The number of hydrogen-bond acceptors (Lipinski definition) is 3. The molecule has 1 fully saturated rings. The molecule has 108 valence electrons. The molecular weight excluding hydrogens is 226 g/mol. The number of rotatable bonds is 7. The molecule has 0 radical (unpaired) electrons. The van der Waals surface area contributed by atoms with Crippen LogP contribution in [0.2, 0.25) is 0 Å². The topological polar surface area (TPSA) is 30.5 Å². The average Bonchev–Trinajstić information content (AvgIpc) is 2.46. The summed E-state index contributed by atoms with van der Waals surface area (Å²) < 4.78 is 11.7. The van der Waals surface area contributed by atoms with Gasteiger partial charge in [0.1, 0.15) is 0 Å². The van der Waals surface area contributed by atoms with Gasteiger partial charge < -0.3 is 14.8 Å². The molecule has 0 aliphatic carbocycles. The Bertz CT molecular complexity index is 251. The van der Waals surface area contributed by atoms with E-state index < -0.39 is 0 Å². The Morgan fingerprint density at radius 2 is 1.94 bits per heavy atom. The predicted octanol–water partition coefficient (Wildman–Crippen LogP) is 2.98. The number of hydrogen-bond donors (Lipinski definition) is 1. The van der Waals surface area contributed by atoms with E-state index in [1.807, 2.05) is 6.92 Å². The molecule has 0 aromatic heterocycles. The van der Waals surface area contributed by atoms with Crippen LogP contribution >= 0.6 is 0 Å². The van der Waals surface area contributed by atoms with E-state index in [4.69, 9.17) is 9.47 Å². The summed E-state index contributed by atoms with van der Waals surface area (Å²) in [5.74, 6) is 0.549. The SMILES string of the molecule is CCNC(CCOCC)C1CC(C)(C)OC1(C)C. The van der Waals surface area contributed by atoms with Gasteiger partial charge in [-0.2, -0.15) is 0 Å². The minimum Gasteiger partial charge on any atom is -0.382 e. The largest absolute Gasteiger partial charge is 0.382 e. The summed E-state index contributed by atoms with van der Waals surface area (Å²) in [6.07, 6.45) is 2.18. The highest BCUT2D eigenvalue weighted by Crippen LogP contribution is 2.44. The Hall–Kier alpha value is -0.120. The molecule has 18 heavy (non-hydrogen) atoms. The first kappa shape index (κ1) is 15.9. The van der Waals surface area contributed by atoms with E-state index >= 15 is 0 Å². The van der Waals surface area contributed by atoms with Crippen LogP contribution in [-0.4, -0.2) is 37.0 Å². The lowest BCUT2D eigenvalue weighted by molar-refractivity contribution is -0.0783. The van der Waals surface area contributed by atoms with Crippen LogP contribution in [0.15, 0.2) is 0 Å². The minimum absolute atomic E-state index is 0.00650. The zero-order valence-corrected chi connectivity index (χ0v) is 13.0. The van der Waals surface area contributed by atoms with E-state index in [1.54, 1.807) is 0 Å². The summed E-state index contributed by atoms with van der Waals surface area (Å²) in [6.45, 7) is 15.7. The lowest BCUT2D eigenvalue weighted by atomic mass is 9.80. The van der Waals surface area contributed by atoms with Crippen molar-refractivity contribution in [1.82, 2.24) is 5.32 Å². The molecule has 1 aliphatic heterocycles. The van der Waals surface area contributed by atoms with Gasteiger partial charge in [-0.15, -0.1) is 0 Å². The highest BCUT2D eigenvalue weighted by molar-refractivity contribution is 4.99. The Morgan fingerprint density at radius 3 is 2.39 bits per heavy atom. The standard InChI is InChI=1S/C15H31NO2/c1-7-16-13(9-10-17-8-2)12-11-14(3,4)18-15(12,5)6/h12-13,16H,7-11H2,1-6H3. The van der Waals surface area contributed by atoms with Gasteiger partial charge in [-0.25, -0.2) is 0 Å². The third kappa shape index (κ3) is 4.22. The first-order chi connectivity index (χ1) is 8.32. The summed E-state index contributed by atoms with van der Waals surface area (Å²) in [5, 5.41) is 3.62. The van der Waals surface area contributed by atoms with Crippen molar-refractivity contribution in [2.24, 2.45) is 5.92 Å². The lowest BCUT2D eigenvalue weighted by Gasteiger charge is -2.33. The van der Waals surface area contributed by atoms with E-state index in [2.05, 4.69) is 39.9 Å². The molecule has 1 saturated heterocycles. The molecule has 0 aromatic rings. The van der Waals surface area contributed by atoms with Gasteiger partial charge in [0.15, 0.2) is 0 Å². The summed E-state index contributed by atoms with van der Waals surface area (Å²) in [5.41, 5.74) is -0.0595. The molecule has 0 amide bonds. The fourth-order valence-corrected chi connectivity index (χ4v) is 3.29. The molecular formula is C15H31NO2. The van der Waals surface area contributed by atoms with Gasteiger partial charge in [0.2, 0.25) is 0 Å². The van der Waals surface area contributed by atoms with E-state index in [-0.39, 0.29) is 11.2 Å². The van der Waals surface area contributed by atoms with E-state index in [0.717, 1.165) is 32.6 Å². The quantitative estimate of drug-likeness (QED) is 0.711. The van der Waals surface area contributed by atoms with Crippen molar-refractivity contribution in [3.63, 3.8) is 0 Å². The molecule has 0 aromatic carbocycles. The highest BCUT2D eigenvalue weighted by atomic mass is 16.5. The van der Waals surface area contributed by atoms with Gasteiger partial charge in [0.05, 0.1) is 11.2 Å². The first-order valence-electron chi connectivity index (χ1n) is 7.33. The second-order valence-electron chi connectivity index (χ2n) is 6.43. The lowest BCUT2D eigenvalue weighted by Crippen LogP contribution is -2.44. The average molecular weight is 257 g/mol. The van der Waals surface area contributed by atoms with Crippen LogP contribution in [0.1, 0.15) is 54.4 Å². The van der Waals surface area contributed by atoms with Crippen molar-refractivity contribution in [3.05, 3.63) is 0 Å². The third-order valence-electron chi connectivity index (χ3n) is 3.87. The fourth-order valence-electron chi connectivity index (χ4n) is 3.29. The second kappa shape index (κ2) is 6.36. The zero-order valence-electron chi connectivity index (χ0n) is 13.0. The molecule has 0 saturated carbocycles. The number of nitrogens with one attached hydrogen (secondary N) is 1. The molecule has 0 spiro atoms. The van der Waals surface area contributed by atoms with Crippen LogP contribution in [0.25, 0.3) is 0 Å². The van der Waals surface area contributed by atoms with Crippen molar-refractivity contribution < 1.29 is 9.47 Å². The first-order valence-corrected chi connectivity index (χ1v) is 7.33. The van der Waals surface area contributed by atoms with Crippen LogP contribution in [0.3, 0.4) is 0 Å². The van der Waals surface area contributed by atoms with Crippen LogP contribution < -0.4 is 5.32 Å². The minimum atomic E-state index is -0.0530. The van der Waals surface area contributed by atoms with Crippen LogP contribution in [0.4, 0.5) is 0 Å². The van der Waals surface area contributed by atoms with Gasteiger partial charge in [0.25, 0.3) is 0 Å². The maximum absolute atomic E-state index is 6.20. The Kier molecular flexibility index (Phi) is 5.63. The fraction of sp³-hybridized carbons (Fsp3) is 1.00. The Morgan fingerprint density at radius 1 is 1.28 bits per heavy atom. The van der Waals surface area contributed by atoms with Crippen LogP contribution in [0.5, 0.6) is 0 Å². The van der Waals surface area contributed by atoms with E-state index in [9.17, 15) is 0 Å². The Balaban J connectivity index is 2.66.